The summed E-state index contributed by atoms with van der Waals surface area (Å²) in [5, 5.41) is 2.35. The lowest BCUT2D eigenvalue weighted by Gasteiger charge is -2.43. The lowest BCUT2D eigenvalue weighted by Crippen LogP contribution is -2.36. The second kappa shape index (κ2) is 6.22. The van der Waals surface area contributed by atoms with Crippen LogP contribution in [-0.4, -0.2) is 0 Å². The van der Waals surface area contributed by atoms with Crippen LogP contribution in [0.25, 0.3) is 21.9 Å². The summed E-state index contributed by atoms with van der Waals surface area (Å²) >= 11 is 0. The van der Waals surface area contributed by atoms with Crippen molar-refractivity contribution in [1.82, 2.24) is 0 Å². The average Bonchev–Trinajstić information content (AvgIpc) is 2.62. The molecule has 0 amide bonds. The minimum atomic E-state index is -0.00885. The fourth-order valence-corrected chi connectivity index (χ4v) is 3.59. The lowest BCUT2D eigenvalue weighted by atomic mass is 9.61. The molecule has 0 heterocycles. The van der Waals surface area contributed by atoms with Crippen LogP contribution in [0.2, 0.25) is 0 Å². The smallest absolute Gasteiger partial charge is 0.0476 e. The van der Waals surface area contributed by atoms with Gasteiger partial charge in [-0.25, -0.2) is 0 Å². The highest BCUT2D eigenvalue weighted by Gasteiger charge is 2.39. The highest BCUT2D eigenvalue weighted by atomic mass is 14.6. The predicted octanol–water partition coefficient (Wildman–Crippen LogP) is 6.80. The van der Waals surface area contributed by atoms with Gasteiger partial charge in [-0.15, -0.1) is 0 Å². The normalized spacial score (nSPS) is 12.5. The minimum Gasteiger partial charge on any atom is -0.398 e. The number of hydrogen-bond acceptors (Lipinski definition) is 1. The lowest BCUT2D eigenvalue weighted by molar-refractivity contribution is 0.190. The molecule has 0 spiro atoms. The molecule has 1 nitrogen and oxygen atoms in total. The molecule has 0 bridgehead atoms. The number of fused-ring (bicyclic) bond motifs is 1. The van der Waals surface area contributed by atoms with Crippen molar-refractivity contribution in [1.29, 1.82) is 0 Å². The van der Waals surface area contributed by atoms with Crippen molar-refractivity contribution in [2.45, 2.75) is 46.5 Å². The van der Waals surface area contributed by atoms with Crippen molar-refractivity contribution in [3.8, 4) is 11.1 Å². The van der Waals surface area contributed by atoms with Crippen LogP contribution in [0, 0.1) is 5.41 Å². The van der Waals surface area contributed by atoms with Gasteiger partial charge >= 0.3 is 0 Å². The molecule has 0 fully saturated rings. The van der Waals surface area contributed by atoms with E-state index >= 15 is 0 Å². The van der Waals surface area contributed by atoms with E-state index in [9.17, 15) is 0 Å². The zero-order chi connectivity index (χ0) is 18.2. The third-order valence-corrected chi connectivity index (χ3v) is 6.40. The standard InChI is InChI=1S/C24H29N/c1-6-23(2,3)24(4,5)20-16-18-14-10-11-15-19(18)22(25)21(20)17-12-8-7-9-13-17/h7-16H,6,25H2,1-5H3. The molecular formula is C24H29N. The fourth-order valence-electron chi connectivity index (χ4n) is 3.59. The maximum atomic E-state index is 6.73. The number of nitrogen functional groups attached to an aromatic ring is 1. The molecule has 0 aliphatic rings. The summed E-state index contributed by atoms with van der Waals surface area (Å²) < 4.78 is 0. The van der Waals surface area contributed by atoms with Gasteiger partial charge in [-0.2, -0.15) is 0 Å². The second-order valence-corrected chi connectivity index (χ2v) is 8.16. The van der Waals surface area contributed by atoms with E-state index in [1.807, 2.05) is 0 Å². The van der Waals surface area contributed by atoms with E-state index in [4.69, 9.17) is 5.73 Å². The van der Waals surface area contributed by atoms with Crippen molar-refractivity contribution in [3.63, 3.8) is 0 Å². The van der Waals surface area contributed by atoms with E-state index in [1.54, 1.807) is 0 Å². The Morgan fingerprint density at radius 2 is 1.44 bits per heavy atom. The maximum absolute atomic E-state index is 6.73. The molecule has 0 saturated carbocycles. The van der Waals surface area contributed by atoms with E-state index in [0.717, 1.165) is 17.5 Å². The molecule has 0 aromatic heterocycles. The van der Waals surface area contributed by atoms with Gasteiger partial charge in [-0.05, 0) is 33.4 Å². The molecule has 3 aromatic carbocycles. The van der Waals surface area contributed by atoms with Gasteiger partial charge in [0.25, 0.3) is 0 Å². The largest absolute Gasteiger partial charge is 0.398 e. The van der Waals surface area contributed by atoms with E-state index < -0.39 is 0 Å². The van der Waals surface area contributed by atoms with E-state index in [0.29, 0.717) is 0 Å². The Balaban J connectivity index is 2.41. The van der Waals surface area contributed by atoms with Gasteiger partial charge in [0.05, 0.1) is 0 Å². The summed E-state index contributed by atoms with van der Waals surface area (Å²) in [5.41, 5.74) is 11.5. The van der Waals surface area contributed by atoms with Gasteiger partial charge in [0.2, 0.25) is 0 Å². The summed E-state index contributed by atoms with van der Waals surface area (Å²) in [6.45, 7) is 11.7. The van der Waals surface area contributed by atoms with Crippen molar-refractivity contribution < 1.29 is 0 Å². The Hall–Kier alpha value is -2.28. The first-order chi connectivity index (χ1) is 11.8. The van der Waals surface area contributed by atoms with Crippen LogP contribution >= 0.6 is 0 Å². The molecule has 1 heteroatoms. The van der Waals surface area contributed by atoms with Crippen molar-refractivity contribution in [2.75, 3.05) is 5.73 Å². The molecule has 3 rings (SSSR count). The summed E-state index contributed by atoms with van der Waals surface area (Å²) in [6.07, 6.45) is 1.11. The first kappa shape index (κ1) is 17.5. The maximum Gasteiger partial charge on any atom is 0.0476 e. The second-order valence-electron chi connectivity index (χ2n) is 8.16. The van der Waals surface area contributed by atoms with E-state index in [2.05, 4.69) is 95.3 Å². The molecule has 0 atom stereocenters. The first-order valence-electron chi connectivity index (χ1n) is 9.16. The third kappa shape index (κ3) is 2.82. The Morgan fingerprint density at radius 1 is 0.840 bits per heavy atom. The van der Waals surface area contributed by atoms with Crippen molar-refractivity contribution in [2.24, 2.45) is 5.41 Å². The summed E-state index contributed by atoms with van der Waals surface area (Å²) in [7, 11) is 0. The van der Waals surface area contributed by atoms with Gasteiger partial charge in [-0.3, -0.25) is 0 Å². The Kier molecular flexibility index (Phi) is 4.36. The van der Waals surface area contributed by atoms with Crippen molar-refractivity contribution in [3.05, 3.63) is 66.2 Å². The zero-order valence-electron chi connectivity index (χ0n) is 16.1. The number of benzene rings is 3. The molecule has 0 saturated heterocycles. The zero-order valence-corrected chi connectivity index (χ0v) is 16.1. The highest BCUT2D eigenvalue weighted by molar-refractivity contribution is 6.02. The average molecular weight is 332 g/mol. The number of hydrogen-bond donors (Lipinski definition) is 1. The van der Waals surface area contributed by atoms with Crippen LogP contribution in [-0.2, 0) is 5.41 Å². The third-order valence-electron chi connectivity index (χ3n) is 6.40. The topological polar surface area (TPSA) is 26.0 Å². The SMILES string of the molecule is CCC(C)(C)C(C)(C)c1cc2ccccc2c(N)c1-c1ccccc1. The van der Waals surface area contributed by atoms with Crippen LogP contribution in [0.3, 0.4) is 0 Å². The quantitative estimate of drug-likeness (QED) is 0.522. The Bertz CT molecular complexity index is 889. The predicted molar refractivity (Wildman–Crippen MR) is 111 cm³/mol. The van der Waals surface area contributed by atoms with Crippen LogP contribution in [0.4, 0.5) is 5.69 Å². The van der Waals surface area contributed by atoms with Gasteiger partial charge in [-0.1, -0.05) is 95.6 Å². The van der Waals surface area contributed by atoms with E-state index in [-0.39, 0.29) is 10.8 Å². The van der Waals surface area contributed by atoms with Crippen LogP contribution in [0.1, 0.15) is 46.6 Å². The summed E-state index contributed by atoms with van der Waals surface area (Å²) in [6, 6.07) is 21.4. The molecule has 2 N–H and O–H groups in total. The van der Waals surface area contributed by atoms with E-state index in [1.165, 1.54) is 22.1 Å². The summed E-state index contributed by atoms with van der Waals surface area (Å²) in [5.74, 6) is 0. The number of rotatable bonds is 4. The molecule has 0 radical (unpaired) electrons. The monoisotopic (exact) mass is 331 g/mol. The molecular weight excluding hydrogens is 302 g/mol. The van der Waals surface area contributed by atoms with Crippen LogP contribution in [0.15, 0.2) is 60.7 Å². The van der Waals surface area contributed by atoms with Gasteiger partial charge in [0.15, 0.2) is 0 Å². The number of nitrogens with two attached hydrogens (primary N) is 1. The molecule has 0 unspecified atom stereocenters. The van der Waals surface area contributed by atoms with Gasteiger partial charge in [0.1, 0.15) is 0 Å². The summed E-state index contributed by atoms with van der Waals surface area (Å²) in [4.78, 5) is 0. The highest BCUT2D eigenvalue weighted by Crippen LogP contribution is 2.49. The Morgan fingerprint density at radius 3 is 2.08 bits per heavy atom. The molecule has 25 heavy (non-hydrogen) atoms. The van der Waals surface area contributed by atoms with Gasteiger partial charge in [0, 0.05) is 16.6 Å². The van der Waals surface area contributed by atoms with Crippen LogP contribution in [0.5, 0.6) is 0 Å². The molecule has 3 aromatic rings. The van der Waals surface area contributed by atoms with Gasteiger partial charge < -0.3 is 5.73 Å². The van der Waals surface area contributed by atoms with Crippen LogP contribution < -0.4 is 5.73 Å². The molecule has 0 aliphatic carbocycles. The number of anilines is 1. The van der Waals surface area contributed by atoms with Crippen molar-refractivity contribution >= 4 is 16.5 Å². The minimum absolute atomic E-state index is 0.00885. The Labute approximate surface area is 151 Å². The first-order valence-corrected chi connectivity index (χ1v) is 9.16. The molecule has 130 valence electrons. The molecule has 0 aliphatic heterocycles. The fraction of sp³-hybridized carbons (Fsp3) is 0.333.